The molecule has 0 bridgehead atoms. The van der Waals surface area contributed by atoms with Gasteiger partial charge in [0.1, 0.15) is 0 Å². The van der Waals surface area contributed by atoms with Gasteiger partial charge in [-0.05, 0) is 62.4 Å². The summed E-state index contributed by atoms with van der Waals surface area (Å²) in [5.41, 5.74) is 1.68. The standard InChI is InChI=1S/C18H20Br2N6/c1-13-11-26(24-22-18-9-5-16(20)6-10-18)14(2)12-25(13)23-21-17-7-3-15(19)4-8-17/h3-10,13-14H,11-12H2,1-2H3/t13-,14+. The van der Waals surface area contributed by atoms with E-state index in [4.69, 9.17) is 0 Å². The highest BCUT2D eigenvalue weighted by Crippen LogP contribution is 2.22. The highest BCUT2D eigenvalue weighted by atomic mass is 79.9. The summed E-state index contributed by atoms with van der Waals surface area (Å²) in [7, 11) is 0. The van der Waals surface area contributed by atoms with Crippen molar-refractivity contribution >= 4 is 43.2 Å². The van der Waals surface area contributed by atoms with Gasteiger partial charge in [-0.25, -0.2) is 0 Å². The number of benzene rings is 2. The Morgan fingerprint density at radius 3 is 1.38 bits per heavy atom. The Hall–Kier alpha value is -1.80. The van der Waals surface area contributed by atoms with E-state index < -0.39 is 0 Å². The van der Waals surface area contributed by atoms with Crippen molar-refractivity contribution in [2.75, 3.05) is 13.1 Å². The van der Waals surface area contributed by atoms with Crippen molar-refractivity contribution in [3.8, 4) is 0 Å². The molecule has 0 aliphatic carbocycles. The lowest BCUT2D eigenvalue weighted by Gasteiger charge is -2.39. The van der Waals surface area contributed by atoms with Crippen LogP contribution in [0.4, 0.5) is 11.4 Å². The van der Waals surface area contributed by atoms with E-state index >= 15 is 0 Å². The first-order chi connectivity index (χ1) is 12.5. The number of halogens is 2. The predicted octanol–water partition coefficient (Wildman–Crippen LogP) is 6.30. The van der Waals surface area contributed by atoms with Gasteiger partial charge in [-0.2, -0.15) is 0 Å². The first-order valence-electron chi connectivity index (χ1n) is 8.39. The van der Waals surface area contributed by atoms with Gasteiger partial charge in [-0.3, -0.25) is 10.0 Å². The van der Waals surface area contributed by atoms with Gasteiger partial charge in [0.15, 0.2) is 0 Å². The molecule has 2 atom stereocenters. The average molecular weight is 480 g/mol. The summed E-state index contributed by atoms with van der Waals surface area (Å²) in [5.74, 6) is 0. The third-order valence-electron chi connectivity index (χ3n) is 4.12. The van der Waals surface area contributed by atoms with Crippen LogP contribution in [-0.2, 0) is 0 Å². The molecule has 2 aromatic rings. The first-order valence-corrected chi connectivity index (χ1v) is 9.97. The molecule has 2 aromatic carbocycles. The van der Waals surface area contributed by atoms with Crippen LogP contribution in [0.1, 0.15) is 13.8 Å². The van der Waals surface area contributed by atoms with Crippen LogP contribution in [0.15, 0.2) is 78.2 Å². The van der Waals surface area contributed by atoms with Crippen molar-refractivity contribution in [3.63, 3.8) is 0 Å². The van der Waals surface area contributed by atoms with Gasteiger partial charge in [0, 0.05) is 8.95 Å². The molecule has 0 unspecified atom stereocenters. The van der Waals surface area contributed by atoms with Crippen LogP contribution in [-0.4, -0.2) is 35.2 Å². The maximum absolute atomic E-state index is 4.42. The Labute approximate surface area is 170 Å². The van der Waals surface area contributed by atoms with E-state index in [1.54, 1.807) is 0 Å². The van der Waals surface area contributed by atoms with Crippen molar-refractivity contribution < 1.29 is 0 Å². The maximum Gasteiger partial charge on any atom is 0.0875 e. The van der Waals surface area contributed by atoms with Crippen LogP contribution in [0.5, 0.6) is 0 Å². The molecule has 136 valence electrons. The van der Waals surface area contributed by atoms with Crippen molar-refractivity contribution in [1.29, 1.82) is 0 Å². The van der Waals surface area contributed by atoms with Crippen LogP contribution >= 0.6 is 31.9 Å². The molecule has 26 heavy (non-hydrogen) atoms. The molecule has 0 N–H and O–H groups in total. The number of hydrogen-bond acceptors (Lipinski definition) is 4. The SMILES string of the molecule is C[C@@H]1CN(N=Nc2ccc(Br)cc2)[C@@H](C)CN1N=Nc1ccc(Br)cc1. The van der Waals surface area contributed by atoms with Gasteiger partial charge in [-0.1, -0.05) is 42.3 Å². The van der Waals surface area contributed by atoms with E-state index in [0.29, 0.717) is 0 Å². The normalized spacial score (nSPS) is 21.1. The molecule has 8 heteroatoms. The second-order valence-corrected chi connectivity index (χ2v) is 8.11. The zero-order chi connectivity index (χ0) is 18.5. The molecule has 3 rings (SSSR count). The first kappa shape index (κ1) is 19.0. The van der Waals surface area contributed by atoms with Gasteiger partial charge in [0.25, 0.3) is 0 Å². The Kier molecular flexibility index (Phi) is 6.37. The van der Waals surface area contributed by atoms with Gasteiger partial charge < -0.3 is 0 Å². The quantitative estimate of drug-likeness (QED) is 0.482. The molecule has 0 radical (unpaired) electrons. The summed E-state index contributed by atoms with van der Waals surface area (Å²) in [6, 6.07) is 16.0. The van der Waals surface area contributed by atoms with E-state index in [1.165, 1.54) is 0 Å². The number of piperazine rings is 1. The molecule has 1 fully saturated rings. The lowest BCUT2D eigenvalue weighted by Crippen LogP contribution is -2.52. The molecule has 0 saturated carbocycles. The molecular formula is C18H20Br2N6. The molecule has 6 nitrogen and oxygen atoms in total. The fourth-order valence-corrected chi connectivity index (χ4v) is 3.10. The van der Waals surface area contributed by atoms with Crippen LogP contribution in [0.3, 0.4) is 0 Å². The van der Waals surface area contributed by atoms with Crippen LogP contribution in [0, 0.1) is 0 Å². The Morgan fingerprint density at radius 1 is 0.692 bits per heavy atom. The highest BCUT2D eigenvalue weighted by Gasteiger charge is 2.28. The monoisotopic (exact) mass is 478 g/mol. The molecule has 0 spiro atoms. The minimum Gasteiger partial charge on any atom is -0.272 e. The van der Waals surface area contributed by atoms with Gasteiger partial charge in [0.2, 0.25) is 0 Å². The molecular weight excluding hydrogens is 460 g/mol. The minimum atomic E-state index is 0.203. The van der Waals surface area contributed by atoms with E-state index in [2.05, 4.69) is 66.4 Å². The van der Waals surface area contributed by atoms with Gasteiger partial charge in [-0.15, -0.1) is 10.2 Å². The third kappa shape index (κ3) is 5.11. The Morgan fingerprint density at radius 2 is 1.04 bits per heavy atom. The number of hydrogen-bond donors (Lipinski definition) is 0. The fourth-order valence-electron chi connectivity index (χ4n) is 2.57. The molecule has 1 aliphatic rings. The maximum atomic E-state index is 4.42. The third-order valence-corrected chi connectivity index (χ3v) is 5.18. The van der Waals surface area contributed by atoms with E-state index in [9.17, 15) is 0 Å². The lowest BCUT2D eigenvalue weighted by molar-refractivity contribution is 0.0360. The van der Waals surface area contributed by atoms with Gasteiger partial charge in [0.05, 0.1) is 36.5 Å². The fraction of sp³-hybridized carbons (Fsp3) is 0.333. The van der Waals surface area contributed by atoms with Crippen molar-refractivity contribution in [2.45, 2.75) is 25.9 Å². The van der Waals surface area contributed by atoms with Crippen molar-refractivity contribution in [2.24, 2.45) is 20.7 Å². The van der Waals surface area contributed by atoms with E-state index in [-0.39, 0.29) is 12.1 Å². The van der Waals surface area contributed by atoms with Gasteiger partial charge >= 0.3 is 0 Å². The summed E-state index contributed by atoms with van der Waals surface area (Å²) in [6.07, 6.45) is 0. The average Bonchev–Trinajstić information content (AvgIpc) is 2.63. The molecule has 1 heterocycles. The minimum absolute atomic E-state index is 0.203. The summed E-state index contributed by atoms with van der Waals surface area (Å²) in [5, 5.41) is 21.5. The largest absolute Gasteiger partial charge is 0.272 e. The Balaban J connectivity index is 1.61. The zero-order valence-corrected chi connectivity index (χ0v) is 17.8. The van der Waals surface area contributed by atoms with Crippen molar-refractivity contribution in [1.82, 2.24) is 10.0 Å². The molecule has 1 aliphatic heterocycles. The Bertz CT molecular complexity index is 708. The number of rotatable bonds is 4. The second kappa shape index (κ2) is 8.73. The van der Waals surface area contributed by atoms with E-state index in [1.807, 2.05) is 58.5 Å². The predicted molar refractivity (Wildman–Crippen MR) is 110 cm³/mol. The number of nitrogens with zero attached hydrogens (tertiary/aromatic N) is 6. The molecule has 0 amide bonds. The van der Waals surface area contributed by atoms with Crippen LogP contribution in [0.25, 0.3) is 0 Å². The van der Waals surface area contributed by atoms with Crippen molar-refractivity contribution in [3.05, 3.63) is 57.5 Å². The summed E-state index contributed by atoms with van der Waals surface area (Å²) in [6.45, 7) is 5.74. The summed E-state index contributed by atoms with van der Waals surface area (Å²) >= 11 is 6.84. The zero-order valence-electron chi connectivity index (χ0n) is 14.6. The van der Waals surface area contributed by atoms with E-state index in [0.717, 1.165) is 33.4 Å². The lowest BCUT2D eigenvalue weighted by atomic mass is 10.2. The molecule has 1 saturated heterocycles. The summed E-state index contributed by atoms with van der Waals surface area (Å²) in [4.78, 5) is 0. The molecule has 0 aromatic heterocycles. The van der Waals surface area contributed by atoms with Crippen LogP contribution in [0.2, 0.25) is 0 Å². The topological polar surface area (TPSA) is 55.9 Å². The highest BCUT2D eigenvalue weighted by molar-refractivity contribution is 9.10. The smallest absolute Gasteiger partial charge is 0.0875 e. The summed E-state index contributed by atoms with van der Waals surface area (Å²) < 4.78 is 2.06. The second-order valence-electron chi connectivity index (χ2n) is 6.27. The van der Waals surface area contributed by atoms with Crippen LogP contribution < -0.4 is 0 Å².